The molecule has 0 saturated heterocycles. The highest BCUT2D eigenvalue weighted by Crippen LogP contribution is 2.63. The quantitative estimate of drug-likeness (QED) is 0.173. The Kier molecular flexibility index (Phi) is 8.30. The maximum atomic E-state index is 5.03. The fourth-order valence-electron chi connectivity index (χ4n) is 10.2. The Labute approximate surface area is 375 Å². The van der Waals surface area contributed by atoms with E-state index in [-0.39, 0.29) is 0 Å². The van der Waals surface area contributed by atoms with Crippen LogP contribution >= 0.6 is 11.8 Å². The Hall–Kier alpha value is -8.06. The van der Waals surface area contributed by atoms with Crippen LogP contribution in [0.1, 0.15) is 22.3 Å². The van der Waals surface area contributed by atoms with Crippen LogP contribution in [0.5, 0.6) is 0 Å². The van der Waals surface area contributed by atoms with Crippen molar-refractivity contribution in [3.8, 4) is 39.9 Å². The van der Waals surface area contributed by atoms with Crippen LogP contribution in [0, 0.1) is 0 Å². The van der Waals surface area contributed by atoms with Crippen LogP contribution in [0.2, 0.25) is 0 Å². The van der Waals surface area contributed by atoms with Crippen molar-refractivity contribution in [1.29, 1.82) is 0 Å². The maximum Gasteiger partial charge on any atom is 0.164 e. The second-order valence-corrected chi connectivity index (χ2v) is 17.4. The molecule has 6 heteroatoms. The van der Waals surface area contributed by atoms with E-state index in [9.17, 15) is 0 Å². The lowest BCUT2D eigenvalue weighted by Gasteiger charge is -2.49. The van der Waals surface area contributed by atoms with Gasteiger partial charge in [0.15, 0.2) is 17.5 Å². The predicted octanol–water partition coefficient (Wildman–Crippen LogP) is 14.6. The molecular formula is C58H37N5S. The first kappa shape index (κ1) is 36.6. The number of aromatic nitrogens is 4. The second kappa shape index (κ2) is 14.5. The van der Waals surface area contributed by atoms with E-state index in [4.69, 9.17) is 15.0 Å². The number of rotatable bonds is 5. The van der Waals surface area contributed by atoms with Crippen LogP contribution in [-0.4, -0.2) is 19.5 Å². The molecule has 11 aromatic rings. The topological polar surface area (TPSA) is 46.8 Å². The molecule has 0 saturated carbocycles. The fourth-order valence-corrected chi connectivity index (χ4v) is 11.4. The van der Waals surface area contributed by atoms with Gasteiger partial charge in [0.25, 0.3) is 0 Å². The van der Waals surface area contributed by atoms with E-state index in [1.807, 2.05) is 72.4 Å². The Bertz CT molecular complexity index is 3480. The first-order valence-electron chi connectivity index (χ1n) is 21.6. The van der Waals surface area contributed by atoms with E-state index in [1.54, 1.807) is 0 Å². The highest BCUT2D eigenvalue weighted by molar-refractivity contribution is 7.99. The van der Waals surface area contributed by atoms with Gasteiger partial charge < -0.3 is 9.47 Å². The summed E-state index contributed by atoms with van der Waals surface area (Å²) >= 11 is 1.88. The number of fused-ring (bicyclic) bond motifs is 11. The molecule has 0 bridgehead atoms. The molecule has 2 aliphatic heterocycles. The minimum atomic E-state index is -0.597. The van der Waals surface area contributed by atoms with Crippen molar-refractivity contribution < 1.29 is 0 Å². The van der Waals surface area contributed by atoms with Gasteiger partial charge in [-0.2, -0.15) is 0 Å². The summed E-state index contributed by atoms with van der Waals surface area (Å²) in [6.07, 6.45) is 0. The molecule has 0 N–H and O–H groups in total. The van der Waals surface area contributed by atoms with Crippen LogP contribution < -0.4 is 4.90 Å². The Balaban J connectivity index is 1.03. The van der Waals surface area contributed by atoms with Gasteiger partial charge >= 0.3 is 0 Å². The zero-order chi connectivity index (χ0) is 42.2. The minimum absolute atomic E-state index is 0.597. The number of nitrogens with zero attached hydrogens (tertiary/aromatic N) is 5. The van der Waals surface area contributed by atoms with E-state index in [0.717, 1.165) is 39.1 Å². The summed E-state index contributed by atoms with van der Waals surface area (Å²) in [5.74, 6) is 1.92. The van der Waals surface area contributed by atoms with Crippen molar-refractivity contribution in [2.45, 2.75) is 15.2 Å². The summed E-state index contributed by atoms with van der Waals surface area (Å²) < 4.78 is 2.43. The van der Waals surface area contributed by atoms with Crippen LogP contribution in [0.15, 0.2) is 234 Å². The van der Waals surface area contributed by atoms with Gasteiger partial charge in [0.1, 0.15) is 0 Å². The summed E-state index contributed by atoms with van der Waals surface area (Å²) in [6, 6.07) is 80.6. The average molecular weight is 836 g/mol. The van der Waals surface area contributed by atoms with Gasteiger partial charge in [-0.15, -0.1) is 0 Å². The molecule has 0 fully saturated rings. The molecule has 0 unspecified atom stereocenters. The third-order valence-electron chi connectivity index (χ3n) is 12.9. The van der Waals surface area contributed by atoms with Crippen LogP contribution in [0.25, 0.3) is 61.7 Å². The summed E-state index contributed by atoms with van der Waals surface area (Å²) in [5.41, 5.74) is 14.2. The van der Waals surface area contributed by atoms with Gasteiger partial charge in [0.2, 0.25) is 0 Å². The Morgan fingerprint density at radius 3 is 1.47 bits per heavy atom. The molecule has 13 rings (SSSR count). The number of benzene rings is 9. The predicted molar refractivity (Wildman–Crippen MR) is 261 cm³/mol. The highest BCUT2D eigenvalue weighted by atomic mass is 32.2. The lowest BCUT2D eigenvalue weighted by molar-refractivity contribution is 0.693. The molecule has 9 aromatic carbocycles. The molecule has 0 radical (unpaired) electrons. The molecule has 300 valence electrons. The normalized spacial score (nSPS) is 13.3. The van der Waals surface area contributed by atoms with Gasteiger partial charge in [-0.05, 0) is 95.1 Å². The van der Waals surface area contributed by atoms with E-state index >= 15 is 0 Å². The molecule has 5 nitrogen and oxygen atoms in total. The number of anilines is 3. The lowest BCUT2D eigenvalue weighted by atomic mass is 9.62. The zero-order valence-electron chi connectivity index (χ0n) is 34.5. The van der Waals surface area contributed by atoms with E-state index < -0.39 is 5.41 Å². The molecule has 4 heterocycles. The van der Waals surface area contributed by atoms with Crippen molar-refractivity contribution in [2.75, 3.05) is 4.90 Å². The third-order valence-corrected chi connectivity index (χ3v) is 14.0. The molecule has 0 amide bonds. The van der Waals surface area contributed by atoms with Crippen LogP contribution in [-0.2, 0) is 5.41 Å². The average Bonchev–Trinajstić information content (AvgIpc) is 3.69. The van der Waals surface area contributed by atoms with Crippen molar-refractivity contribution in [2.24, 2.45) is 0 Å². The molecule has 64 heavy (non-hydrogen) atoms. The van der Waals surface area contributed by atoms with Gasteiger partial charge in [0.05, 0.1) is 27.8 Å². The van der Waals surface area contributed by atoms with Crippen molar-refractivity contribution >= 4 is 50.6 Å². The Morgan fingerprint density at radius 2 is 0.844 bits per heavy atom. The lowest BCUT2D eigenvalue weighted by Crippen LogP contribution is -2.39. The number of hydrogen-bond acceptors (Lipinski definition) is 5. The molecule has 2 aliphatic rings. The number of hydrogen-bond donors (Lipinski definition) is 0. The summed E-state index contributed by atoms with van der Waals surface area (Å²) in [4.78, 5) is 20.0. The van der Waals surface area contributed by atoms with Crippen molar-refractivity contribution in [1.82, 2.24) is 19.5 Å². The summed E-state index contributed by atoms with van der Waals surface area (Å²) in [7, 11) is 0. The smallest absolute Gasteiger partial charge is 0.164 e. The molecule has 0 atom stereocenters. The van der Waals surface area contributed by atoms with E-state index in [0.29, 0.717) is 17.5 Å². The fraction of sp³-hybridized carbons (Fsp3) is 0.0172. The zero-order valence-corrected chi connectivity index (χ0v) is 35.3. The largest absolute Gasteiger partial charge is 0.310 e. The van der Waals surface area contributed by atoms with Gasteiger partial charge in [0, 0.05) is 48.6 Å². The maximum absolute atomic E-state index is 5.03. The van der Waals surface area contributed by atoms with Gasteiger partial charge in [-0.1, -0.05) is 163 Å². The SMILES string of the molecule is c1ccc(-c2nc(-c3ccccc3)nc(-c3ccc(-n4c5ccccc5c5cc6c(cc54)C4(c5ccccc5S6)c5ccccc5N(c5ccccc5)c5ccccc54)cc3)n2)cc1. The van der Waals surface area contributed by atoms with Crippen molar-refractivity contribution in [3.05, 3.63) is 247 Å². The van der Waals surface area contributed by atoms with Crippen LogP contribution in [0.3, 0.4) is 0 Å². The van der Waals surface area contributed by atoms with Crippen molar-refractivity contribution in [3.63, 3.8) is 0 Å². The molecule has 2 aromatic heterocycles. The van der Waals surface area contributed by atoms with E-state index in [2.05, 4.69) is 173 Å². The second-order valence-electron chi connectivity index (χ2n) is 16.4. The minimum Gasteiger partial charge on any atom is -0.310 e. The highest BCUT2D eigenvalue weighted by Gasteiger charge is 2.50. The first-order chi connectivity index (χ1) is 31.7. The Morgan fingerprint density at radius 1 is 0.344 bits per heavy atom. The van der Waals surface area contributed by atoms with Crippen LogP contribution in [0.4, 0.5) is 17.1 Å². The van der Waals surface area contributed by atoms with Gasteiger partial charge in [-0.3, -0.25) is 0 Å². The van der Waals surface area contributed by atoms with E-state index in [1.165, 1.54) is 54.2 Å². The van der Waals surface area contributed by atoms with Gasteiger partial charge in [-0.25, -0.2) is 15.0 Å². The monoisotopic (exact) mass is 835 g/mol. The standard InChI is InChI=1S/C58H37N5S/c1-4-18-38(19-5-1)55-59-56(39-20-6-2-7-21-39)61-57(60-55)40-32-34-42(35-33-40)62-49-28-14-10-24-43(49)44-36-54-48(37-52(44)62)58(47-27-13-17-31-53(47)64-54)45-25-11-15-29-50(45)63(41-22-8-3-9-23-41)51-30-16-12-26-46(51)58/h1-37H. The molecule has 0 aliphatic carbocycles. The molecular weight excluding hydrogens is 799 g/mol. The summed E-state index contributed by atoms with van der Waals surface area (Å²) in [5, 5.41) is 2.44. The first-order valence-corrected chi connectivity index (χ1v) is 22.4. The summed E-state index contributed by atoms with van der Waals surface area (Å²) in [6.45, 7) is 0. The number of para-hydroxylation sites is 4. The third kappa shape index (κ3) is 5.49. The molecule has 1 spiro atoms.